The van der Waals surface area contributed by atoms with Crippen molar-refractivity contribution >= 4 is 27.5 Å². The van der Waals surface area contributed by atoms with E-state index in [1.807, 2.05) is 24.3 Å². The lowest BCUT2D eigenvalue weighted by Gasteiger charge is -2.09. The maximum Gasteiger partial charge on any atom is 0.163 e. The number of hydrogen-bond donors (Lipinski definition) is 0. The largest absolute Gasteiger partial charge is 0.293 e. The summed E-state index contributed by atoms with van der Waals surface area (Å²) in [6.07, 6.45) is 1.79. The first kappa shape index (κ1) is 12.4. The first-order chi connectivity index (χ1) is 11.4. The average molecular weight is 295 g/mol. The summed E-state index contributed by atoms with van der Waals surface area (Å²) in [7, 11) is 0. The molecule has 0 fully saturated rings. The van der Waals surface area contributed by atoms with Gasteiger partial charge in [0.05, 0.1) is 11.0 Å². The smallest absolute Gasteiger partial charge is 0.163 e. The second-order valence-electron chi connectivity index (χ2n) is 5.60. The van der Waals surface area contributed by atoms with Crippen molar-refractivity contribution in [2.75, 3.05) is 0 Å². The van der Waals surface area contributed by atoms with E-state index >= 15 is 0 Å². The molecule has 0 N–H and O–H groups in total. The van der Waals surface area contributed by atoms with E-state index in [4.69, 9.17) is 4.98 Å². The molecule has 0 radical (unpaired) electrons. The van der Waals surface area contributed by atoms with Gasteiger partial charge in [0.15, 0.2) is 5.65 Å². The SMILES string of the molecule is c1ccc(-c2nc3ncccc3c3cc4ccccc4n23)cc1. The molecule has 5 rings (SSSR count). The number of para-hydroxylation sites is 1. The van der Waals surface area contributed by atoms with E-state index in [-0.39, 0.29) is 0 Å². The summed E-state index contributed by atoms with van der Waals surface area (Å²) >= 11 is 0. The Balaban J connectivity index is 2.06. The third-order valence-electron chi connectivity index (χ3n) is 4.23. The Bertz CT molecular complexity index is 1160. The normalized spacial score (nSPS) is 11.5. The van der Waals surface area contributed by atoms with E-state index in [0.717, 1.165) is 27.9 Å². The summed E-state index contributed by atoms with van der Waals surface area (Å²) in [5.41, 5.74) is 4.18. The van der Waals surface area contributed by atoms with Gasteiger partial charge in [-0.3, -0.25) is 4.40 Å². The van der Waals surface area contributed by atoms with E-state index in [1.165, 1.54) is 10.9 Å². The number of benzene rings is 2. The summed E-state index contributed by atoms with van der Waals surface area (Å²) in [5.74, 6) is 0.924. The summed E-state index contributed by atoms with van der Waals surface area (Å²) < 4.78 is 2.23. The maximum atomic E-state index is 4.85. The molecule has 3 heteroatoms. The van der Waals surface area contributed by atoms with Crippen LogP contribution < -0.4 is 0 Å². The minimum absolute atomic E-state index is 0.779. The number of hydrogen-bond acceptors (Lipinski definition) is 2. The van der Waals surface area contributed by atoms with Gasteiger partial charge in [-0.25, -0.2) is 9.97 Å². The molecule has 0 saturated carbocycles. The van der Waals surface area contributed by atoms with Crippen LogP contribution in [0.25, 0.3) is 38.8 Å². The van der Waals surface area contributed by atoms with Crippen molar-refractivity contribution in [3.63, 3.8) is 0 Å². The van der Waals surface area contributed by atoms with Gasteiger partial charge in [-0.2, -0.15) is 0 Å². The molecule has 108 valence electrons. The molecule has 0 atom stereocenters. The Morgan fingerprint density at radius 1 is 0.739 bits per heavy atom. The van der Waals surface area contributed by atoms with Crippen molar-refractivity contribution in [3.8, 4) is 11.4 Å². The molecule has 0 aliphatic rings. The Labute approximate surface area is 132 Å². The van der Waals surface area contributed by atoms with Crippen LogP contribution in [0, 0.1) is 0 Å². The van der Waals surface area contributed by atoms with Gasteiger partial charge in [0, 0.05) is 22.5 Å². The fourth-order valence-electron chi connectivity index (χ4n) is 3.20. The third-order valence-corrected chi connectivity index (χ3v) is 4.23. The Morgan fingerprint density at radius 3 is 2.48 bits per heavy atom. The highest BCUT2D eigenvalue weighted by molar-refractivity contribution is 6.01. The van der Waals surface area contributed by atoms with E-state index in [0.29, 0.717) is 0 Å². The maximum absolute atomic E-state index is 4.85. The van der Waals surface area contributed by atoms with Gasteiger partial charge in [0.1, 0.15) is 5.82 Å². The number of aromatic nitrogens is 3. The number of fused-ring (bicyclic) bond motifs is 5. The van der Waals surface area contributed by atoms with Crippen LogP contribution in [0.1, 0.15) is 0 Å². The number of pyridine rings is 1. The Hall–Kier alpha value is -3.20. The number of rotatable bonds is 1. The predicted molar refractivity (Wildman–Crippen MR) is 93.4 cm³/mol. The van der Waals surface area contributed by atoms with Crippen LogP contribution in [0.3, 0.4) is 0 Å². The van der Waals surface area contributed by atoms with Crippen molar-refractivity contribution in [1.82, 2.24) is 14.4 Å². The van der Waals surface area contributed by atoms with Crippen LogP contribution >= 0.6 is 0 Å². The summed E-state index contributed by atoms with van der Waals surface area (Å²) in [5, 5.41) is 2.28. The molecule has 5 aromatic rings. The highest BCUT2D eigenvalue weighted by Crippen LogP contribution is 2.30. The van der Waals surface area contributed by atoms with Crippen LogP contribution in [0.5, 0.6) is 0 Å². The van der Waals surface area contributed by atoms with Crippen LogP contribution in [0.15, 0.2) is 79.0 Å². The van der Waals surface area contributed by atoms with Crippen molar-refractivity contribution in [3.05, 3.63) is 79.0 Å². The Kier molecular flexibility index (Phi) is 2.50. The van der Waals surface area contributed by atoms with E-state index in [1.54, 1.807) is 6.20 Å². The molecule has 0 unspecified atom stereocenters. The molecule has 0 saturated heterocycles. The Morgan fingerprint density at radius 2 is 1.57 bits per heavy atom. The minimum Gasteiger partial charge on any atom is -0.293 e. The van der Waals surface area contributed by atoms with Gasteiger partial charge in [-0.1, -0.05) is 48.5 Å². The minimum atomic E-state index is 0.779. The zero-order valence-corrected chi connectivity index (χ0v) is 12.3. The van der Waals surface area contributed by atoms with Crippen LogP contribution in [0.2, 0.25) is 0 Å². The molecule has 3 aromatic heterocycles. The molecule has 3 nitrogen and oxygen atoms in total. The lowest BCUT2D eigenvalue weighted by atomic mass is 10.2. The lowest BCUT2D eigenvalue weighted by Crippen LogP contribution is -1.98. The molecule has 0 bridgehead atoms. The fraction of sp³-hybridized carbons (Fsp3) is 0. The van der Waals surface area contributed by atoms with Crippen LogP contribution in [-0.2, 0) is 0 Å². The monoisotopic (exact) mass is 295 g/mol. The van der Waals surface area contributed by atoms with Gasteiger partial charge in [0.2, 0.25) is 0 Å². The lowest BCUT2D eigenvalue weighted by molar-refractivity contribution is 1.15. The van der Waals surface area contributed by atoms with Crippen LogP contribution in [0.4, 0.5) is 0 Å². The average Bonchev–Trinajstić information content (AvgIpc) is 3.02. The first-order valence-corrected chi connectivity index (χ1v) is 7.62. The van der Waals surface area contributed by atoms with Gasteiger partial charge in [-0.15, -0.1) is 0 Å². The molecule has 0 spiro atoms. The van der Waals surface area contributed by atoms with Crippen LogP contribution in [-0.4, -0.2) is 14.4 Å². The second kappa shape index (κ2) is 4.65. The number of nitrogens with zero attached hydrogens (tertiary/aromatic N) is 3. The summed E-state index contributed by atoms with van der Waals surface area (Å²) in [6, 6.07) is 24.9. The highest BCUT2D eigenvalue weighted by Gasteiger charge is 2.13. The van der Waals surface area contributed by atoms with Crippen molar-refractivity contribution in [2.24, 2.45) is 0 Å². The molecular weight excluding hydrogens is 282 g/mol. The summed E-state index contributed by atoms with van der Waals surface area (Å²) in [6.45, 7) is 0. The standard InChI is InChI=1S/C20H13N3/c1-2-7-14(8-3-1)20-22-19-16(10-6-12-21-19)18-13-15-9-4-5-11-17(15)23(18)20/h1-13H. The highest BCUT2D eigenvalue weighted by atomic mass is 15.0. The molecule has 0 aliphatic heterocycles. The molecule has 2 aromatic carbocycles. The molecule has 3 heterocycles. The molecule has 0 amide bonds. The first-order valence-electron chi connectivity index (χ1n) is 7.62. The molecular formula is C20H13N3. The zero-order valence-electron chi connectivity index (χ0n) is 12.3. The van der Waals surface area contributed by atoms with Crippen molar-refractivity contribution in [1.29, 1.82) is 0 Å². The topological polar surface area (TPSA) is 30.2 Å². The van der Waals surface area contributed by atoms with Gasteiger partial charge in [-0.05, 0) is 24.3 Å². The fourth-order valence-corrected chi connectivity index (χ4v) is 3.20. The van der Waals surface area contributed by atoms with Gasteiger partial charge >= 0.3 is 0 Å². The van der Waals surface area contributed by atoms with Crippen molar-refractivity contribution < 1.29 is 0 Å². The molecule has 23 heavy (non-hydrogen) atoms. The predicted octanol–water partition coefficient (Wildman–Crippen LogP) is 4.70. The van der Waals surface area contributed by atoms with Gasteiger partial charge < -0.3 is 0 Å². The quantitative estimate of drug-likeness (QED) is 0.448. The van der Waals surface area contributed by atoms with E-state index in [9.17, 15) is 0 Å². The summed E-state index contributed by atoms with van der Waals surface area (Å²) in [4.78, 5) is 9.31. The van der Waals surface area contributed by atoms with Crippen molar-refractivity contribution in [2.45, 2.75) is 0 Å². The molecule has 0 aliphatic carbocycles. The second-order valence-corrected chi connectivity index (χ2v) is 5.60. The zero-order chi connectivity index (χ0) is 15.2. The third kappa shape index (κ3) is 1.77. The van der Waals surface area contributed by atoms with Gasteiger partial charge in [0.25, 0.3) is 0 Å². The van der Waals surface area contributed by atoms with E-state index < -0.39 is 0 Å². The van der Waals surface area contributed by atoms with E-state index in [2.05, 4.69) is 57.9 Å².